The predicted octanol–water partition coefficient (Wildman–Crippen LogP) is 5.03. The lowest BCUT2D eigenvalue weighted by Gasteiger charge is -2.40. The van der Waals surface area contributed by atoms with Gasteiger partial charge < -0.3 is 24.2 Å². The molecule has 0 bridgehead atoms. The number of pyridine rings is 1. The van der Waals surface area contributed by atoms with E-state index in [0.717, 1.165) is 11.1 Å². The Balaban J connectivity index is 1.70. The van der Waals surface area contributed by atoms with Gasteiger partial charge in [0, 0.05) is 31.7 Å². The summed E-state index contributed by atoms with van der Waals surface area (Å²) in [4.78, 5) is 42.2. The maximum absolute atomic E-state index is 15.3. The van der Waals surface area contributed by atoms with Crippen molar-refractivity contribution in [2.45, 2.75) is 32.4 Å². The van der Waals surface area contributed by atoms with E-state index in [4.69, 9.17) is 26.1 Å². The molecule has 10 nitrogen and oxygen atoms in total. The zero-order valence-corrected chi connectivity index (χ0v) is 27.3. The van der Waals surface area contributed by atoms with Crippen LogP contribution in [0.1, 0.15) is 30.9 Å². The van der Waals surface area contributed by atoms with Gasteiger partial charge in [-0.3, -0.25) is 4.79 Å². The molecule has 1 saturated heterocycles. The van der Waals surface area contributed by atoms with Crippen LogP contribution in [0.15, 0.2) is 53.8 Å². The second kappa shape index (κ2) is 12.4. The van der Waals surface area contributed by atoms with E-state index in [2.05, 4.69) is 22.5 Å². The SMILES string of the molecule is C=CC(=O)N1CCN2c3nc(=O)n(-c4c(OC)cc(CN(C)C)cc4C(C)C)c4nc(-c5ccccc5F)c(Cl)c(c34)OC[C@H]2C1. The number of methoxy groups -OCH3 is 1. The molecule has 46 heavy (non-hydrogen) atoms. The second-order valence-corrected chi connectivity index (χ2v) is 12.5. The van der Waals surface area contributed by atoms with E-state index in [9.17, 15) is 9.59 Å². The fourth-order valence-corrected chi connectivity index (χ4v) is 6.62. The number of hydrogen-bond acceptors (Lipinski definition) is 8. The minimum absolute atomic E-state index is 0.0164. The van der Waals surface area contributed by atoms with Crippen molar-refractivity contribution >= 4 is 34.4 Å². The van der Waals surface area contributed by atoms with Gasteiger partial charge in [0.1, 0.15) is 34.4 Å². The maximum atomic E-state index is 15.3. The molecule has 0 unspecified atom stereocenters. The van der Waals surface area contributed by atoms with Gasteiger partial charge in [-0.15, -0.1) is 0 Å². The summed E-state index contributed by atoms with van der Waals surface area (Å²) in [5, 5.41) is 0.520. The smallest absolute Gasteiger partial charge is 0.355 e. The molecule has 0 spiro atoms. The number of halogens is 2. The second-order valence-electron chi connectivity index (χ2n) is 12.1. The molecule has 4 heterocycles. The van der Waals surface area contributed by atoms with E-state index in [1.807, 2.05) is 38.9 Å². The van der Waals surface area contributed by atoms with Crippen molar-refractivity contribution in [3.05, 3.63) is 81.5 Å². The van der Waals surface area contributed by atoms with Gasteiger partial charge in [0.05, 0.1) is 24.5 Å². The van der Waals surface area contributed by atoms with Gasteiger partial charge in [0.2, 0.25) is 5.91 Å². The van der Waals surface area contributed by atoms with Crippen LogP contribution in [-0.2, 0) is 11.3 Å². The summed E-state index contributed by atoms with van der Waals surface area (Å²) < 4.78 is 29.1. The molecule has 0 saturated carbocycles. The summed E-state index contributed by atoms with van der Waals surface area (Å²) in [5.41, 5.74) is 2.26. The molecular formula is C34H36ClFN6O4. The Morgan fingerprint density at radius 2 is 2.00 bits per heavy atom. The first-order valence-corrected chi connectivity index (χ1v) is 15.5. The van der Waals surface area contributed by atoms with Crippen molar-refractivity contribution in [3.63, 3.8) is 0 Å². The van der Waals surface area contributed by atoms with Crippen LogP contribution < -0.4 is 20.1 Å². The van der Waals surface area contributed by atoms with Crippen LogP contribution >= 0.6 is 11.6 Å². The quantitative estimate of drug-likeness (QED) is 0.258. The molecule has 0 aliphatic carbocycles. The zero-order valence-electron chi connectivity index (χ0n) is 26.5. The van der Waals surface area contributed by atoms with E-state index in [1.54, 1.807) is 30.2 Å². The lowest BCUT2D eigenvalue weighted by atomic mass is 9.97. The molecule has 0 N–H and O–H groups in total. The van der Waals surface area contributed by atoms with Crippen molar-refractivity contribution in [3.8, 4) is 28.4 Å². The molecule has 0 radical (unpaired) electrons. The molecular weight excluding hydrogens is 611 g/mol. The maximum Gasteiger partial charge on any atom is 0.355 e. The standard InChI is InChI=1S/C34H36ClFN6O4/c1-7-26(43)40-12-13-41-21(17-40)18-46-31-27-32(41)38-34(44)42(33(27)37-29(28(31)35)22-10-8-9-11-24(22)36)30-23(19(2)3)14-20(16-39(4)5)15-25(30)45-6/h7-11,14-15,19,21H,1,12-13,16-18H2,2-6H3/t21-/m1/s1. The van der Waals surface area contributed by atoms with Gasteiger partial charge >= 0.3 is 5.69 Å². The molecule has 2 aromatic heterocycles. The van der Waals surface area contributed by atoms with Gasteiger partial charge in [0.25, 0.3) is 0 Å². The van der Waals surface area contributed by atoms with Crippen molar-refractivity contribution < 1.29 is 18.7 Å². The van der Waals surface area contributed by atoms with E-state index < -0.39 is 11.5 Å². The number of amides is 1. The number of carbonyl (C=O) groups is 1. The van der Waals surface area contributed by atoms with E-state index in [-0.39, 0.29) is 52.2 Å². The Morgan fingerprint density at radius 1 is 1.24 bits per heavy atom. The van der Waals surface area contributed by atoms with E-state index in [0.29, 0.717) is 48.8 Å². The van der Waals surface area contributed by atoms with Crippen LogP contribution in [0.4, 0.5) is 10.2 Å². The highest BCUT2D eigenvalue weighted by Gasteiger charge is 2.37. The van der Waals surface area contributed by atoms with E-state index in [1.165, 1.54) is 16.7 Å². The molecule has 6 rings (SSSR count). The number of nitrogens with zero attached hydrogens (tertiary/aromatic N) is 6. The summed E-state index contributed by atoms with van der Waals surface area (Å²) in [7, 11) is 5.53. The zero-order chi connectivity index (χ0) is 32.9. The molecule has 2 aliphatic heterocycles. The normalized spacial score (nSPS) is 16.0. The number of benzene rings is 2. The highest BCUT2D eigenvalue weighted by atomic mass is 35.5. The largest absolute Gasteiger partial charge is 0.495 e. The molecule has 1 atom stereocenters. The third-order valence-corrected chi connectivity index (χ3v) is 8.77. The fraction of sp³-hybridized carbons (Fsp3) is 0.353. The molecule has 240 valence electrons. The average Bonchev–Trinajstić information content (AvgIpc) is 3.19. The first kappa shape index (κ1) is 31.5. The van der Waals surface area contributed by atoms with Crippen LogP contribution in [0.5, 0.6) is 11.5 Å². The van der Waals surface area contributed by atoms with Crippen molar-refractivity contribution in [2.24, 2.45) is 0 Å². The number of fused-ring (bicyclic) bond motifs is 2. The van der Waals surface area contributed by atoms with Crippen LogP contribution in [-0.4, -0.2) is 83.7 Å². The lowest BCUT2D eigenvalue weighted by molar-refractivity contribution is -0.126. The molecule has 12 heteroatoms. The van der Waals surface area contributed by atoms with Crippen LogP contribution in [0.25, 0.3) is 28.0 Å². The number of rotatable bonds is 7. The first-order valence-electron chi connectivity index (χ1n) is 15.1. The summed E-state index contributed by atoms with van der Waals surface area (Å²) in [6.07, 6.45) is 1.28. The van der Waals surface area contributed by atoms with Gasteiger partial charge in [-0.05, 0) is 55.4 Å². The molecule has 2 aliphatic rings. The topological polar surface area (TPSA) is 93.0 Å². The van der Waals surface area contributed by atoms with Gasteiger partial charge in [-0.1, -0.05) is 50.2 Å². The lowest BCUT2D eigenvalue weighted by Crippen LogP contribution is -2.56. The van der Waals surface area contributed by atoms with E-state index >= 15 is 4.39 Å². The van der Waals surface area contributed by atoms with Gasteiger partial charge in [0.15, 0.2) is 11.4 Å². The summed E-state index contributed by atoms with van der Waals surface area (Å²) in [6.45, 7) is 9.62. The summed E-state index contributed by atoms with van der Waals surface area (Å²) in [6, 6.07) is 9.82. The highest BCUT2D eigenvalue weighted by molar-refractivity contribution is 6.36. The first-order chi connectivity index (χ1) is 22.0. The molecule has 4 aromatic rings. The predicted molar refractivity (Wildman–Crippen MR) is 177 cm³/mol. The van der Waals surface area contributed by atoms with Crippen molar-refractivity contribution in [2.75, 3.05) is 52.3 Å². The number of hydrogen-bond donors (Lipinski definition) is 0. The number of carbonyl (C=O) groups excluding carboxylic acids is 1. The number of aromatic nitrogens is 3. The van der Waals surface area contributed by atoms with Crippen LogP contribution in [0, 0.1) is 5.82 Å². The van der Waals surface area contributed by atoms with Gasteiger partial charge in [-0.25, -0.2) is 18.7 Å². The Hall–Kier alpha value is -4.48. The summed E-state index contributed by atoms with van der Waals surface area (Å²) >= 11 is 7.02. The fourth-order valence-electron chi connectivity index (χ4n) is 6.32. The Labute approximate surface area is 271 Å². The highest BCUT2D eigenvalue weighted by Crippen LogP contribution is 2.46. The van der Waals surface area contributed by atoms with Crippen molar-refractivity contribution in [1.82, 2.24) is 24.3 Å². The minimum Gasteiger partial charge on any atom is -0.495 e. The Kier molecular flexibility index (Phi) is 8.47. The summed E-state index contributed by atoms with van der Waals surface area (Å²) in [5.74, 6) is 0.330. The Bertz CT molecular complexity index is 1930. The number of anilines is 1. The number of ether oxygens (including phenoxy) is 2. The third-order valence-electron chi connectivity index (χ3n) is 8.42. The third kappa shape index (κ3) is 5.37. The minimum atomic E-state index is -0.589. The van der Waals surface area contributed by atoms with Crippen molar-refractivity contribution in [1.29, 1.82) is 0 Å². The van der Waals surface area contributed by atoms with Crippen LogP contribution in [0.3, 0.4) is 0 Å². The monoisotopic (exact) mass is 646 g/mol. The van der Waals surface area contributed by atoms with Crippen LogP contribution in [0.2, 0.25) is 5.02 Å². The molecule has 2 aromatic carbocycles. The Morgan fingerprint density at radius 3 is 2.67 bits per heavy atom. The van der Waals surface area contributed by atoms with Gasteiger partial charge in [-0.2, -0.15) is 4.98 Å². The average molecular weight is 647 g/mol. The number of piperazine rings is 1. The molecule has 1 fully saturated rings. The molecule has 1 amide bonds.